The minimum Gasteiger partial charge on any atom is -0.501 e. The first kappa shape index (κ1) is 22.9. The van der Waals surface area contributed by atoms with Crippen LogP contribution in [0.4, 0.5) is 18.9 Å². The maximum absolute atomic E-state index is 13.2. The van der Waals surface area contributed by atoms with Crippen molar-refractivity contribution in [3.8, 4) is 0 Å². The number of hydrogen-bond acceptors (Lipinski definition) is 5. The van der Waals surface area contributed by atoms with E-state index in [1.807, 2.05) is 0 Å². The van der Waals surface area contributed by atoms with Crippen molar-refractivity contribution in [1.82, 2.24) is 0 Å². The number of ketones is 2. The van der Waals surface area contributed by atoms with Crippen molar-refractivity contribution in [1.29, 1.82) is 0 Å². The number of carbonyl (C=O) groups excluding carboxylic acids is 2. The second-order valence-electron chi connectivity index (χ2n) is 6.61. The highest BCUT2D eigenvalue weighted by Crippen LogP contribution is 2.37. The van der Waals surface area contributed by atoms with Crippen LogP contribution in [-0.2, 0) is 25.7 Å². The number of ether oxygens (including phenoxy) is 1. The lowest BCUT2D eigenvalue weighted by Crippen LogP contribution is -2.32. The van der Waals surface area contributed by atoms with Crippen LogP contribution in [0.5, 0.6) is 0 Å². The van der Waals surface area contributed by atoms with Crippen LogP contribution >= 0.6 is 0 Å². The highest BCUT2D eigenvalue weighted by atomic mass is 32.2. The number of halogens is 3. The summed E-state index contributed by atoms with van der Waals surface area (Å²) in [6.45, 7) is 3.06. The summed E-state index contributed by atoms with van der Waals surface area (Å²) in [6.07, 6.45) is -1.68. The van der Waals surface area contributed by atoms with E-state index in [-0.39, 0.29) is 30.2 Å². The lowest BCUT2D eigenvalue weighted by atomic mass is 9.96. The first-order valence-electron chi connectivity index (χ1n) is 9.01. The van der Waals surface area contributed by atoms with Gasteiger partial charge in [-0.25, -0.2) is 8.42 Å². The molecule has 2 rings (SSSR count). The Morgan fingerprint density at radius 3 is 2.31 bits per heavy atom. The fourth-order valence-electron chi connectivity index (χ4n) is 2.79. The minimum atomic E-state index is -4.74. The molecule has 1 aliphatic carbocycles. The average molecular weight is 433 g/mol. The van der Waals surface area contributed by atoms with E-state index in [1.54, 1.807) is 6.92 Å². The van der Waals surface area contributed by atoms with Gasteiger partial charge in [-0.3, -0.25) is 13.9 Å². The number of anilines is 1. The lowest BCUT2D eigenvalue weighted by Gasteiger charge is -2.24. The molecule has 1 saturated carbocycles. The number of carbonyl (C=O) groups is 2. The van der Waals surface area contributed by atoms with Crippen LogP contribution in [-0.4, -0.2) is 39.4 Å². The highest BCUT2D eigenvalue weighted by Gasteiger charge is 2.38. The van der Waals surface area contributed by atoms with Gasteiger partial charge in [-0.1, -0.05) is 0 Å². The van der Waals surface area contributed by atoms with Gasteiger partial charge in [0.2, 0.25) is 15.8 Å². The minimum absolute atomic E-state index is 0.180. The number of allylic oxidation sites excluding steroid dienone is 1. The Morgan fingerprint density at radius 2 is 1.86 bits per heavy atom. The van der Waals surface area contributed by atoms with E-state index in [1.165, 1.54) is 6.92 Å². The van der Waals surface area contributed by atoms with Crippen LogP contribution in [0.1, 0.15) is 42.6 Å². The van der Waals surface area contributed by atoms with Crippen LogP contribution in [0.15, 0.2) is 30.0 Å². The van der Waals surface area contributed by atoms with Gasteiger partial charge in [0.25, 0.3) is 0 Å². The third-order valence-corrected chi connectivity index (χ3v) is 5.61. The maximum Gasteiger partial charge on any atom is 0.416 e. The van der Waals surface area contributed by atoms with Gasteiger partial charge < -0.3 is 4.74 Å². The highest BCUT2D eigenvalue weighted by molar-refractivity contribution is 7.92. The second kappa shape index (κ2) is 8.56. The van der Waals surface area contributed by atoms with Crippen LogP contribution in [0.25, 0.3) is 0 Å². The number of nitrogens with zero attached hydrogens (tertiary/aromatic N) is 1. The van der Waals surface area contributed by atoms with Gasteiger partial charge >= 0.3 is 6.18 Å². The average Bonchev–Trinajstić information content (AvgIpc) is 3.45. The first-order valence-corrected chi connectivity index (χ1v) is 10.9. The van der Waals surface area contributed by atoms with Gasteiger partial charge in [-0.15, -0.1) is 0 Å². The van der Waals surface area contributed by atoms with Crippen molar-refractivity contribution in [2.45, 2.75) is 32.9 Å². The predicted molar refractivity (Wildman–Crippen MR) is 101 cm³/mol. The molecule has 0 atom stereocenters. The predicted octanol–water partition coefficient (Wildman–Crippen LogP) is 3.57. The summed E-state index contributed by atoms with van der Waals surface area (Å²) in [5.74, 6) is -1.67. The molecular weight excluding hydrogens is 411 g/mol. The summed E-state index contributed by atoms with van der Waals surface area (Å²) in [6, 6.07) is 2.19. The monoisotopic (exact) mass is 433 g/mol. The van der Waals surface area contributed by atoms with E-state index in [2.05, 4.69) is 0 Å². The van der Waals surface area contributed by atoms with E-state index in [9.17, 15) is 31.2 Å². The Hall–Kier alpha value is -2.36. The molecular formula is C19H22F3NO5S. The third kappa shape index (κ3) is 5.37. The topological polar surface area (TPSA) is 80.8 Å². The Labute approximate surface area is 167 Å². The van der Waals surface area contributed by atoms with Crippen molar-refractivity contribution in [3.63, 3.8) is 0 Å². The first-order chi connectivity index (χ1) is 13.4. The molecule has 0 saturated heterocycles. The molecule has 1 aliphatic rings. The van der Waals surface area contributed by atoms with Gasteiger partial charge in [-0.05, 0) is 44.9 Å². The molecule has 10 heteroatoms. The fraction of sp³-hybridized carbons (Fsp3) is 0.474. The number of benzene rings is 1. The van der Waals surface area contributed by atoms with Gasteiger partial charge in [-0.2, -0.15) is 13.2 Å². The molecule has 1 aromatic carbocycles. The summed E-state index contributed by atoms with van der Waals surface area (Å²) < 4.78 is 69.6. The SMILES string of the molecule is CCOC=C(C(=O)c1ccc(C(F)(F)F)cc1N(CC)S(C)(=O)=O)C(=O)C1CC1. The molecule has 0 bridgehead atoms. The zero-order valence-corrected chi connectivity index (χ0v) is 17.1. The lowest BCUT2D eigenvalue weighted by molar-refractivity contribution is -0.137. The fourth-order valence-corrected chi connectivity index (χ4v) is 3.77. The molecule has 1 aromatic rings. The maximum atomic E-state index is 13.2. The summed E-state index contributed by atoms with van der Waals surface area (Å²) in [7, 11) is -3.98. The van der Waals surface area contributed by atoms with Gasteiger partial charge in [0.05, 0.1) is 30.4 Å². The zero-order chi connectivity index (χ0) is 22.0. The number of sulfonamides is 1. The number of Topliss-reactive ketones (excluding diaryl/α,β-unsaturated/α-hetero) is 2. The van der Waals surface area contributed by atoms with Crippen molar-refractivity contribution in [2.75, 3.05) is 23.7 Å². The molecule has 29 heavy (non-hydrogen) atoms. The summed E-state index contributed by atoms with van der Waals surface area (Å²) in [4.78, 5) is 25.6. The molecule has 0 heterocycles. The van der Waals surface area contributed by atoms with Crippen molar-refractivity contribution >= 4 is 27.3 Å². The van der Waals surface area contributed by atoms with E-state index in [4.69, 9.17) is 4.74 Å². The van der Waals surface area contributed by atoms with E-state index in [0.717, 1.165) is 18.6 Å². The van der Waals surface area contributed by atoms with Gasteiger partial charge in [0, 0.05) is 18.0 Å². The molecule has 0 N–H and O–H groups in total. The number of alkyl halides is 3. The van der Waals surface area contributed by atoms with E-state index in [0.29, 0.717) is 29.3 Å². The standard InChI is InChI=1S/C19H22F3NO5S/c1-4-23(29(3,26)27)16-10-13(19(20,21)22)8-9-14(16)18(25)15(11-28-5-2)17(24)12-6-7-12/h8-12H,4-7H2,1-3H3. The van der Waals surface area contributed by atoms with Gasteiger partial charge in [0.1, 0.15) is 5.57 Å². The quantitative estimate of drug-likeness (QED) is 0.196. The van der Waals surface area contributed by atoms with E-state index >= 15 is 0 Å². The van der Waals surface area contributed by atoms with Crippen molar-refractivity contribution in [2.24, 2.45) is 5.92 Å². The summed E-state index contributed by atoms with van der Waals surface area (Å²) >= 11 is 0. The van der Waals surface area contributed by atoms with Crippen LogP contribution in [0.3, 0.4) is 0 Å². The smallest absolute Gasteiger partial charge is 0.416 e. The molecule has 1 fully saturated rings. The molecule has 0 amide bonds. The summed E-state index contributed by atoms with van der Waals surface area (Å²) in [5, 5.41) is 0. The van der Waals surface area contributed by atoms with Gasteiger partial charge in [0.15, 0.2) is 5.78 Å². The molecule has 0 aliphatic heterocycles. The molecule has 0 spiro atoms. The Morgan fingerprint density at radius 1 is 1.24 bits per heavy atom. The molecule has 6 nitrogen and oxygen atoms in total. The largest absolute Gasteiger partial charge is 0.501 e. The van der Waals surface area contributed by atoms with Crippen LogP contribution in [0, 0.1) is 5.92 Å². The Balaban J connectivity index is 2.65. The molecule has 0 unspecified atom stereocenters. The number of rotatable bonds is 9. The van der Waals surface area contributed by atoms with Crippen molar-refractivity contribution in [3.05, 3.63) is 41.2 Å². The van der Waals surface area contributed by atoms with Crippen LogP contribution in [0.2, 0.25) is 0 Å². The molecule has 0 aromatic heterocycles. The number of hydrogen-bond donors (Lipinski definition) is 0. The molecule has 160 valence electrons. The second-order valence-corrected chi connectivity index (χ2v) is 8.52. The van der Waals surface area contributed by atoms with Crippen LogP contribution < -0.4 is 4.31 Å². The zero-order valence-electron chi connectivity index (χ0n) is 16.2. The molecule has 0 radical (unpaired) electrons. The Bertz CT molecular complexity index is 934. The van der Waals surface area contributed by atoms with E-state index < -0.39 is 39.0 Å². The normalized spacial score (nSPS) is 15.2. The summed E-state index contributed by atoms with van der Waals surface area (Å²) in [5.41, 5.74) is -2.15. The third-order valence-electron chi connectivity index (χ3n) is 4.35. The van der Waals surface area contributed by atoms with Crippen molar-refractivity contribution < 1.29 is 35.9 Å². The Kier molecular flexibility index (Phi) is 6.77.